The highest BCUT2D eigenvalue weighted by atomic mass is 16.6. The molecule has 0 radical (unpaired) electrons. The summed E-state index contributed by atoms with van der Waals surface area (Å²) in [5, 5.41) is 9.81. The van der Waals surface area contributed by atoms with Crippen LogP contribution in [0.15, 0.2) is 0 Å². The van der Waals surface area contributed by atoms with Crippen LogP contribution >= 0.6 is 0 Å². The molecular formula is C15H28N4O7. The molecule has 26 heavy (non-hydrogen) atoms. The van der Waals surface area contributed by atoms with Crippen molar-refractivity contribution in [2.24, 2.45) is 0 Å². The quantitative estimate of drug-likeness (QED) is 0.324. The second-order valence-electron chi connectivity index (χ2n) is 5.13. The van der Waals surface area contributed by atoms with E-state index in [9.17, 15) is 19.2 Å². The van der Waals surface area contributed by atoms with Gasteiger partial charge >= 0.3 is 12.2 Å². The van der Waals surface area contributed by atoms with Gasteiger partial charge in [0.25, 0.3) is 0 Å². The van der Waals surface area contributed by atoms with E-state index < -0.39 is 18.3 Å². The van der Waals surface area contributed by atoms with E-state index >= 15 is 0 Å². The maximum absolute atomic E-state index is 11.6. The van der Waals surface area contributed by atoms with Gasteiger partial charge in [-0.1, -0.05) is 0 Å². The number of carbonyl (C=O) groups excluding carboxylic acids is 4. The average Bonchev–Trinajstić information content (AvgIpc) is 2.62. The van der Waals surface area contributed by atoms with E-state index in [1.807, 2.05) is 0 Å². The van der Waals surface area contributed by atoms with E-state index in [4.69, 9.17) is 14.2 Å². The highest BCUT2D eigenvalue weighted by Gasteiger charge is 2.15. The Bertz CT molecular complexity index is 439. The van der Waals surface area contributed by atoms with Gasteiger partial charge in [0.2, 0.25) is 11.8 Å². The lowest BCUT2D eigenvalue weighted by molar-refractivity contribution is -0.122. The summed E-state index contributed by atoms with van der Waals surface area (Å²) < 4.78 is 15.3. The zero-order valence-corrected chi connectivity index (χ0v) is 15.4. The predicted molar refractivity (Wildman–Crippen MR) is 91.5 cm³/mol. The Balaban J connectivity index is 4.01. The summed E-state index contributed by atoms with van der Waals surface area (Å²) in [5.74, 6) is -0.324. The molecule has 4 amide bonds. The smallest absolute Gasteiger partial charge is 0.406 e. The molecule has 0 aliphatic rings. The van der Waals surface area contributed by atoms with Crippen LogP contribution in [0.4, 0.5) is 9.59 Å². The topological polar surface area (TPSA) is 144 Å². The highest BCUT2D eigenvalue weighted by Crippen LogP contribution is 2.00. The van der Waals surface area contributed by atoms with Gasteiger partial charge < -0.3 is 35.5 Å². The molecule has 0 aromatic carbocycles. The first-order chi connectivity index (χ1) is 12.4. The lowest BCUT2D eigenvalue weighted by Gasteiger charge is -2.17. The summed E-state index contributed by atoms with van der Waals surface area (Å²) in [6.07, 6.45) is -1.23. The Morgan fingerprint density at radius 2 is 1.42 bits per heavy atom. The molecule has 0 aromatic rings. The standard InChI is InChI=1S/C15H28N4O7/c1-11(20)18-6-7-19-13(21)5-4-8-24-12(9-25-14(22)16-2)10-26-15(23)17-3/h12H,4-10H2,1-3H3,(H,16,22)(H,17,23)(H,18,20)(H,19,21). The first-order valence-corrected chi connectivity index (χ1v) is 8.20. The van der Waals surface area contributed by atoms with Crippen LogP contribution in [0.2, 0.25) is 0 Å². The molecule has 0 heterocycles. The van der Waals surface area contributed by atoms with Gasteiger partial charge in [-0.25, -0.2) is 9.59 Å². The number of carbonyl (C=O) groups is 4. The SMILES string of the molecule is CNC(=O)OCC(COC(=O)NC)OCCCC(=O)NCCNC(C)=O. The third-order valence-electron chi connectivity index (χ3n) is 2.93. The Labute approximate surface area is 152 Å². The van der Waals surface area contributed by atoms with E-state index in [1.165, 1.54) is 21.0 Å². The average molecular weight is 376 g/mol. The third kappa shape index (κ3) is 13.8. The largest absolute Gasteiger partial charge is 0.447 e. The van der Waals surface area contributed by atoms with Crippen molar-refractivity contribution in [1.82, 2.24) is 21.3 Å². The number of nitrogens with one attached hydrogen (secondary N) is 4. The summed E-state index contributed by atoms with van der Waals surface area (Å²) in [7, 11) is 2.84. The van der Waals surface area contributed by atoms with E-state index in [-0.39, 0.29) is 38.1 Å². The van der Waals surface area contributed by atoms with Crippen molar-refractivity contribution in [2.75, 3.05) is 47.0 Å². The van der Waals surface area contributed by atoms with Crippen LogP contribution in [0, 0.1) is 0 Å². The van der Waals surface area contributed by atoms with Crippen LogP contribution in [-0.2, 0) is 23.8 Å². The summed E-state index contributed by atoms with van der Waals surface area (Å²) in [4.78, 5) is 44.5. The van der Waals surface area contributed by atoms with Crippen LogP contribution in [-0.4, -0.2) is 77.1 Å². The number of rotatable bonds is 12. The molecule has 150 valence electrons. The molecule has 0 rings (SSSR count). The molecule has 0 spiro atoms. The van der Waals surface area contributed by atoms with Gasteiger partial charge in [0.05, 0.1) is 0 Å². The van der Waals surface area contributed by atoms with E-state index in [2.05, 4.69) is 21.3 Å². The Morgan fingerprint density at radius 1 is 0.885 bits per heavy atom. The second kappa shape index (κ2) is 14.8. The van der Waals surface area contributed by atoms with Crippen molar-refractivity contribution in [2.45, 2.75) is 25.9 Å². The molecular weight excluding hydrogens is 348 g/mol. The fourth-order valence-corrected chi connectivity index (χ4v) is 1.64. The number of alkyl carbamates (subject to hydrolysis) is 2. The summed E-state index contributed by atoms with van der Waals surface area (Å²) in [6, 6.07) is 0. The molecule has 0 saturated heterocycles. The zero-order valence-electron chi connectivity index (χ0n) is 15.4. The summed E-state index contributed by atoms with van der Waals surface area (Å²) >= 11 is 0. The van der Waals surface area contributed by atoms with Gasteiger partial charge in [-0.3, -0.25) is 9.59 Å². The molecule has 0 bridgehead atoms. The predicted octanol–water partition coefficient (Wildman–Crippen LogP) is -0.884. The molecule has 0 fully saturated rings. The molecule has 11 heteroatoms. The third-order valence-corrected chi connectivity index (χ3v) is 2.93. The van der Waals surface area contributed by atoms with Crippen molar-refractivity contribution in [3.8, 4) is 0 Å². The van der Waals surface area contributed by atoms with Crippen molar-refractivity contribution in [3.63, 3.8) is 0 Å². The molecule has 0 aromatic heterocycles. The minimum absolute atomic E-state index is 0.0976. The number of ether oxygens (including phenoxy) is 3. The van der Waals surface area contributed by atoms with Gasteiger partial charge in [0.15, 0.2) is 0 Å². The second-order valence-corrected chi connectivity index (χ2v) is 5.13. The first-order valence-electron chi connectivity index (χ1n) is 8.20. The van der Waals surface area contributed by atoms with Crippen LogP contribution in [0.5, 0.6) is 0 Å². The zero-order chi connectivity index (χ0) is 19.8. The van der Waals surface area contributed by atoms with Crippen molar-refractivity contribution >= 4 is 24.0 Å². The van der Waals surface area contributed by atoms with E-state index in [1.54, 1.807) is 0 Å². The van der Waals surface area contributed by atoms with Crippen LogP contribution in [0.1, 0.15) is 19.8 Å². The summed E-state index contributed by atoms with van der Waals surface area (Å²) in [5.41, 5.74) is 0. The molecule has 0 unspecified atom stereocenters. The minimum Gasteiger partial charge on any atom is -0.447 e. The first kappa shape index (κ1) is 23.4. The number of hydrogen-bond donors (Lipinski definition) is 4. The van der Waals surface area contributed by atoms with Gasteiger partial charge in [-0.2, -0.15) is 0 Å². The monoisotopic (exact) mass is 376 g/mol. The minimum atomic E-state index is -0.646. The maximum atomic E-state index is 11.6. The molecule has 4 N–H and O–H groups in total. The van der Waals surface area contributed by atoms with Crippen molar-refractivity contribution < 1.29 is 33.4 Å². The number of hydrogen-bond acceptors (Lipinski definition) is 7. The van der Waals surface area contributed by atoms with Crippen molar-refractivity contribution in [3.05, 3.63) is 0 Å². The van der Waals surface area contributed by atoms with Crippen LogP contribution in [0.3, 0.4) is 0 Å². The Morgan fingerprint density at radius 3 is 1.92 bits per heavy atom. The normalized spacial score (nSPS) is 10.0. The Hall–Kier alpha value is -2.56. The van der Waals surface area contributed by atoms with E-state index in [0.29, 0.717) is 19.5 Å². The molecule has 0 atom stereocenters. The summed E-state index contributed by atoms with van der Waals surface area (Å²) in [6.45, 7) is 2.14. The fourth-order valence-electron chi connectivity index (χ4n) is 1.64. The van der Waals surface area contributed by atoms with Gasteiger partial charge in [0.1, 0.15) is 19.3 Å². The molecule has 0 aliphatic carbocycles. The molecule has 0 saturated carbocycles. The molecule has 11 nitrogen and oxygen atoms in total. The van der Waals surface area contributed by atoms with Gasteiger partial charge in [-0.15, -0.1) is 0 Å². The number of amides is 4. The molecule has 0 aliphatic heterocycles. The van der Waals surface area contributed by atoms with Crippen LogP contribution in [0.25, 0.3) is 0 Å². The van der Waals surface area contributed by atoms with Gasteiger partial charge in [0, 0.05) is 47.1 Å². The van der Waals surface area contributed by atoms with Crippen LogP contribution < -0.4 is 21.3 Å². The Kier molecular flexibility index (Phi) is 13.3. The van der Waals surface area contributed by atoms with E-state index in [0.717, 1.165) is 0 Å². The highest BCUT2D eigenvalue weighted by molar-refractivity contribution is 5.76. The van der Waals surface area contributed by atoms with Gasteiger partial charge in [-0.05, 0) is 6.42 Å². The fraction of sp³-hybridized carbons (Fsp3) is 0.733. The van der Waals surface area contributed by atoms with Crippen molar-refractivity contribution in [1.29, 1.82) is 0 Å². The lowest BCUT2D eigenvalue weighted by atomic mass is 10.3. The maximum Gasteiger partial charge on any atom is 0.406 e. The lowest BCUT2D eigenvalue weighted by Crippen LogP contribution is -2.34.